The van der Waals surface area contributed by atoms with E-state index in [1.807, 2.05) is 42.5 Å². The molecule has 2 heterocycles. The molecular formula is C23H21ClN2O4. The van der Waals surface area contributed by atoms with Crippen molar-refractivity contribution in [2.45, 2.75) is 13.0 Å². The van der Waals surface area contributed by atoms with E-state index in [9.17, 15) is 9.59 Å². The molecule has 2 aromatic carbocycles. The summed E-state index contributed by atoms with van der Waals surface area (Å²) in [7, 11) is 1.70. The van der Waals surface area contributed by atoms with E-state index in [1.165, 1.54) is 6.08 Å². The first-order chi connectivity index (χ1) is 14.5. The van der Waals surface area contributed by atoms with Gasteiger partial charge in [0.1, 0.15) is 18.1 Å². The van der Waals surface area contributed by atoms with Gasteiger partial charge in [0.05, 0.1) is 18.2 Å². The van der Waals surface area contributed by atoms with Gasteiger partial charge in [0.25, 0.3) is 0 Å². The van der Waals surface area contributed by atoms with Gasteiger partial charge in [0.2, 0.25) is 11.8 Å². The minimum Gasteiger partial charge on any atom is -0.458 e. The molecule has 1 N–H and O–H groups in total. The largest absolute Gasteiger partial charge is 0.458 e. The summed E-state index contributed by atoms with van der Waals surface area (Å²) in [6.07, 6.45) is 3.83. The Hall–Kier alpha value is -3.09. The Labute approximate surface area is 179 Å². The van der Waals surface area contributed by atoms with Crippen molar-refractivity contribution >= 4 is 35.2 Å². The third kappa shape index (κ3) is 4.56. The number of ether oxygens (including phenoxy) is 2. The summed E-state index contributed by atoms with van der Waals surface area (Å²) in [6, 6.07) is 13.3. The van der Waals surface area contributed by atoms with Crippen molar-refractivity contribution < 1.29 is 19.1 Å². The number of nitrogens with one attached hydrogen (secondary N) is 1. The van der Waals surface area contributed by atoms with Crippen LogP contribution in [0.1, 0.15) is 16.7 Å². The van der Waals surface area contributed by atoms with Crippen LogP contribution in [0.2, 0.25) is 0 Å². The Kier molecular flexibility index (Phi) is 5.88. The van der Waals surface area contributed by atoms with E-state index < -0.39 is 0 Å². The number of nitrogens with zero attached hydrogens (tertiary/aromatic N) is 1. The van der Waals surface area contributed by atoms with Crippen LogP contribution in [0.25, 0.3) is 6.08 Å². The highest BCUT2D eigenvalue weighted by Gasteiger charge is 2.20. The van der Waals surface area contributed by atoms with Crippen LogP contribution in [-0.4, -0.2) is 36.9 Å². The third-order valence-corrected chi connectivity index (χ3v) is 5.27. The molecule has 0 fully saturated rings. The number of para-hydroxylation sites is 1. The lowest BCUT2D eigenvalue weighted by Crippen LogP contribution is -2.29. The highest BCUT2D eigenvalue weighted by Crippen LogP contribution is 2.31. The second-order valence-corrected chi connectivity index (χ2v) is 7.66. The molecule has 0 bridgehead atoms. The monoisotopic (exact) mass is 424 g/mol. The molecule has 0 aliphatic carbocycles. The van der Waals surface area contributed by atoms with Crippen LogP contribution >= 0.6 is 11.6 Å². The number of anilines is 1. The SMILES string of the molecule is CN(CC1=C(Cl)Cc2ccccc2O1)C(=O)/C=C/c1ccc2c(c1)COCC(=O)N2. The molecular weight excluding hydrogens is 404 g/mol. The van der Waals surface area contributed by atoms with E-state index in [2.05, 4.69) is 5.32 Å². The van der Waals surface area contributed by atoms with Crippen LogP contribution in [0.5, 0.6) is 5.75 Å². The van der Waals surface area contributed by atoms with Crippen LogP contribution in [-0.2, 0) is 27.4 Å². The topological polar surface area (TPSA) is 67.9 Å². The molecule has 0 radical (unpaired) electrons. The van der Waals surface area contributed by atoms with Crippen LogP contribution in [0.3, 0.4) is 0 Å². The fraction of sp³-hybridized carbons (Fsp3) is 0.217. The van der Waals surface area contributed by atoms with Crippen LogP contribution in [0.15, 0.2) is 59.3 Å². The number of rotatable bonds is 4. The zero-order valence-corrected chi connectivity index (χ0v) is 17.2. The smallest absolute Gasteiger partial charge is 0.250 e. The van der Waals surface area contributed by atoms with E-state index in [1.54, 1.807) is 18.0 Å². The summed E-state index contributed by atoms with van der Waals surface area (Å²) in [4.78, 5) is 25.7. The summed E-state index contributed by atoms with van der Waals surface area (Å²) in [5.41, 5.74) is 3.48. The standard InChI is InChI=1S/C23H21ClN2O4/c1-26(12-21-18(24)11-16-4-2-3-5-20(16)30-21)23(28)9-7-15-6-8-19-17(10-15)13-29-14-22(27)25-19/h2-10H,11-14H2,1H3,(H,25,27)/b9-7+. The highest BCUT2D eigenvalue weighted by molar-refractivity contribution is 6.30. The van der Waals surface area contributed by atoms with Crippen molar-refractivity contribution in [3.8, 4) is 5.75 Å². The van der Waals surface area contributed by atoms with Gasteiger partial charge in [-0.15, -0.1) is 0 Å². The first kappa shape index (κ1) is 20.2. The number of halogens is 1. The Morgan fingerprint density at radius 3 is 2.90 bits per heavy atom. The van der Waals surface area contributed by atoms with Gasteiger partial charge in [-0.25, -0.2) is 0 Å². The number of fused-ring (bicyclic) bond motifs is 2. The van der Waals surface area contributed by atoms with Crippen LogP contribution < -0.4 is 10.1 Å². The summed E-state index contributed by atoms with van der Waals surface area (Å²) in [5, 5.41) is 3.40. The summed E-state index contributed by atoms with van der Waals surface area (Å²) in [5.74, 6) is 1.01. The van der Waals surface area contributed by atoms with Gasteiger partial charge >= 0.3 is 0 Å². The fourth-order valence-corrected chi connectivity index (χ4v) is 3.55. The number of benzene rings is 2. The number of carbonyl (C=O) groups excluding carboxylic acids is 2. The number of allylic oxidation sites excluding steroid dienone is 1. The summed E-state index contributed by atoms with van der Waals surface area (Å²) in [6.45, 7) is 0.656. The van der Waals surface area contributed by atoms with E-state index in [-0.39, 0.29) is 25.0 Å². The molecule has 0 unspecified atom stereocenters. The lowest BCUT2D eigenvalue weighted by atomic mass is 10.1. The summed E-state index contributed by atoms with van der Waals surface area (Å²) < 4.78 is 11.2. The zero-order valence-electron chi connectivity index (χ0n) is 16.5. The maximum atomic E-state index is 12.6. The predicted molar refractivity (Wildman–Crippen MR) is 115 cm³/mol. The van der Waals surface area contributed by atoms with E-state index in [0.717, 1.165) is 28.1 Å². The van der Waals surface area contributed by atoms with Gasteiger partial charge in [-0.3, -0.25) is 9.59 Å². The third-order valence-electron chi connectivity index (χ3n) is 4.92. The molecule has 30 heavy (non-hydrogen) atoms. The lowest BCUT2D eigenvalue weighted by molar-refractivity contribution is -0.124. The molecule has 6 nitrogen and oxygen atoms in total. The number of carbonyl (C=O) groups is 2. The number of amides is 2. The number of likely N-dealkylation sites (N-methyl/N-ethyl adjacent to an activating group) is 1. The Bertz CT molecular complexity index is 1060. The summed E-state index contributed by atoms with van der Waals surface area (Å²) >= 11 is 6.38. The normalized spacial score (nSPS) is 15.7. The maximum Gasteiger partial charge on any atom is 0.250 e. The van der Waals surface area contributed by atoms with E-state index in [0.29, 0.717) is 23.8 Å². The minimum atomic E-state index is -0.172. The molecule has 2 aliphatic heterocycles. The quantitative estimate of drug-likeness (QED) is 0.760. The molecule has 0 spiro atoms. The number of hydrogen-bond acceptors (Lipinski definition) is 4. The molecule has 0 aromatic heterocycles. The molecule has 2 aliphatic rings. The van der Waals surface area contributed by atoms with Gasteiger partial charge in [0.15, 0.2) is 0 Å². The molecule has 2 amide bonds. The second-order valence-electron chi connectivity index (χ2n) is 7.20. The van der Waals surface area contributed by atoms with Gasteiger partial charge < -0.3 is 19.7 Å². The first-order valence-corrected chi connectivity index (χ1v) is 9.94. The Balaban J connectivity index is 1.41. The van der Waals surface area contributed by atoms with Crippen molar-refractivity contribution in [2.24, 2.45) is 0 Å². The highest BCUT2D eigenvalue weighted by atomic mass is 35.5. The maximum absolute atomic E-state index is 12.6. The average Bonchev–Trinajstić information content (AvgIpc) is 2.92. The molecule has 154 valence electrons. The molecule has 7 heteroatoms. The molecule has 0 saturated carbocycles. The van der Waals surface area contributed by atoms with Gasteiger partial charge in [-0.2, -0.15) is 0 Å². The fourth-order valence-electron chi connectivity index (χ4n) is 3.31. The van der Waals surface area contributed by atoms with Crippen molar-refractivity contribution in [1.29, 1.82) is 0 Å². The van der Waals surface area contributed by atoms with Crippen molar-refractivity contribution in [3.05, 3.63) is 76.0 Å². The van der Waals surface area contributed by atoms with E-state index >= 15 is 0 Å². The van der Waals surface area contributed by atoms with Gasteiger partial charge in [-0.05, 0) is 29.8 Å². The number of hydrogen-bond donors (Lipinski definition) is 1. The lowest BCUT2D eigenvalue weighted by Gasteiger charge is -2.24. The Morgan fingerprint density at radius 1 is 1.20 bits per heavy atom. The van der Waals surface area contributed by atoms with Crippen molar-refractivity contribution in [3.63, 3.8) is 0 Å². The van der Waals surface area contributed by atoms with Crippen LogP contribution in [0, 0.1) is 0 Å². The molecule has 2 aromatic rings. The van der Waals surface area contributed by atoms with E-state index in [4.69, 9.17) is 21.1 Å². The van der Waals surface area contributed by atoms with Crippen molar-refractivity contribution in [1.82, 2.24) is 4.90 Å². The molecule has 0 atom stereocenters. The first-order valence-electron chi connectivity index (χ1n) is 9.56. The average molecular weight is 425 g/mol. The minimum absolute atomic E-state index is 0.0358. The predicted octanol–water partition coefficient (Wildman–Crippen LogP) is 3.71. The van der Waals surface area contributed by atoms with Crippen LogP contribution in [0.4, 0.5) is 5.69 Å². The second kappa shape index (κ2) is 8.73. The molecule has 4 rings (SSSR count). The van der Waals surface area contributed by atoms with Gasteiger partial charge in [0, 0.05) is 36.4 Å². The van der Waals surface area contributed by atoms with Gasteiger partial charge in [-0.1, -0.05) is 35.9 Å². The zero-order chi connectivity index (χ0) is 21.1. The molecule has 0 saturated heterocycles. The van der Waals surface area contributed by atoms with Crippen molar-refractivity contribution in [2.75, 3.05) is 25.5 Å². The Morgan fingerprint density at radius 2 is 2.03 bits per heavy atom.